The number of rotatable bonds is 5. The monoisotopic (exact) mass is 276 g/mol. The van der Waals surface area contributed by atoms with Crippen molar-refractivity contribution in [3.63, 3.8) is 0 Å². The van der Waals surface area contributed by atoms with E-state index in [1.54, 1.807) is 0 Å². The van der Waals surface area contributed by atoms with Crippen LogP contribution in [0.4, 0.5) is 8.78 Å². The molecule has 2 rings (SSSR count). The van der Waals surface area contributed by atoms with E-state index in [9.17, 15) is 17.2 Å². The second kappa shape index (κ2) is 4.91. The Morgan fingerprint density at radius 3 is 2.67 bits per heavy atom. The van der Waals surface area contributed by atoms with Gasteiger partial charge < -0.3 is 5.73 Å². The standard InChI is InChI=1S/C11H14F2N2O2S/c12-8-2-1-3-10(11(8)13)18(16,17)15-6-9(14)7-4-5-7/h1-3,7,9,15H,4-6,14H2. The van der Waals surface area contributed by atoms with Gasteiger partial charge in [-0.3, -0.25) is 0 Å². The number of halogens is 2. The molecule has 0 bridgehead atoms. The fourth-order valence-electron chi connectivity index (χ4n) is 1.67. The van der Waals surface area contributed by atoms with Crippen molar-refractivity contribution >= 4 is 10.0 Å². The Morgan fingerprint density at radius 2 is 2.06 bits per heavy atom. The molecule has 1 atom stereocenters. The second-order valence-electron chi connectivity index (χ2n) is 4.41. The van der Waals surface area contributed by atoms with Crippen molar-refractivity contribution < 1.29 is 17.2 Å². The summed E-state index contributed by atoms with van der Waals surface area (Å²) in [5.74, 6) is -2.24. The van der Waals surface area contributed by atoms with E-state index in [4.69, 9.17) is 5.73 Å². The van der Waals surface area contributed by atoms with Crippen molar-refractivity contribution in [3.8, 4) is 0 Å². The van der Waals surface area contributed by atoms with Crippen LogP contribution in [0.5, 0.6) is 0 Å². The fraction of sp³-hybridized carbons (Fsp3) is 0.455. The number of benzene rings is 1. The minimum Gasteiger partial charge on any atom is -0.326 e. The van der Waals surface area contributed by atoms with Gasteiger partial charge in [0.25, 0.3) is 0 Å². The largest absolute Gasteiger partial charge is 0.326 e. The average molecular weight is 276 g/mol. The quantitative estimate of drug-likeness (QED) is 0.842. The molecule has 0 saturated heterocycles. The van der Waals surface area contributed by atoms with Gasteiger partial charge in [0.05, 0.1) is 0 Å². The molecule has 4 nitrogen and oxygen atoms in total. The summed E-state index contributed by atoms with van der Waals surface area (Å²) in [5.41, 5.74) is 5.74. The van der Waals surface area contributed by atoms with Crippen LogP contribution in [0.3, 0.4) is 0 Å². The molecule has 0 spiro atoms. The van der Waals surface area contributed by atoms with Crippen LogP contribution in [-0.2, 0) is 10.0 Å². The third-order valence-electron chi connectivity index (χ3n) is 2.94. The fourth-order valence-corrected chi connectivity index (χ4v) is 2.82. The Kier molecular flexibility index (Phi) is 3.65. The normalized spacial score (nSPS) is 17.7. The van der Waals surface area contributed by atoms with E-state index in [-0.39, 0.29) is 12.6 Å². The first-order valence-corrected chi connectivity index (χ1v) is 7.09. The number of hydrogen-bond donors (Lipinski definition) is 2. The van der Waals surface area contributed by atoms with Crippen molar-refractivity contribution in [3.05, 3.63) is 29.8 Å². The van der Waals surface area contributed by atoms with E-state index < -0.39 is 26.6 Å². The smallest absolute Gasteiger partial charge is 0.243 e. The minimum atomic E-state index is -4.06. The molecule has 1 saturated carbocycles. The number of nitrogens with one attached hydrogen (secondary N) is 1. The van der Waals surface area contributed by atoms with E-state index in [0.29, 0.717) is 5.92 Å². The van der Waals surface area contributed by atoms with Crippen LogP contribution in [0.2, 0.25) is 0 Å². The zero-order valence-corrected chi connectivity index (χ0v) is 10.4. The van der Waals surface area contributed by atoms with Gasteiger partial charge in [-0.1, -0.05) is 6.07 Å². The lowest BCUT2D eigenvalue weighted by Crippen LogP contribution is -2.38. The highest BCUT2D eigenvalue weighted by atomic mass is 32.2. The Hall–Kier alpha value is -1.05. The predicted molar refractivity (Wildman–Crippen MR) is 62.2 cm³/mol. The molecule has 1 aliphatic carbocycles. The summed E-state index contributed by atoms with van der Waals surface area (Å²) in [7, 11) is -4.06. The summed E-state index contributed by atoms with van der Waals surface area (Å²) in [6, 6.07) is 2.75. The van der Waals surface area contributed by atoms with Gasteiger partial charge in [-0.2, -0.15) is 0 Å². The summed E-state index contributed by atoms with van der Waals surface area (Å²) >= 11 is 0. The highest BCUT2D eigenvalue weighted by molar-refractivity contribution is 7.89. The van der Waals surface area contributed by atoms with Gasteiger partial charge in [0.15, 0.2) is 11.6 Å². The summed E-state index contributed by atoms with van der Waals surface area (Å²) < 4.78 is 52.1. The highest BCUT2D eigenvalue weighted by Gasteiger charge is 2.30. The maximum absolute atomic E-state index is 13.4. The number of nitrogens with two attached hydrogens (primary N) is 1. The molecule has 0 heterocycles. The Balaban J connectivity index is 2.12. The van der Waals surface area contributed by atoms with Gasteiger partial charge in [0, 0.05) is 12.6 Å². The Labute approximate surface area is 104 Å². The Morgan fingerprint density at radius 1 is 1.39 bits per heavy atom. The summed E-state index contributed by atoms with van der Waals surface area (Å²) in [6.45, 7) is 0.0307. The van der Waals surface area contributed by atoms with Crippen LogP contribution < -0.4 is 10.5 Å². The maximum Gasteiger partial charge on any atom is 0.243 e. The average Bonchev–Trinajstić information content (AvgIpc) is 3.13. The van der Waals surface area contributed by atoms with Crippen LogP contribution in [0, 0.1) is 17.6 Å². The van der Waals surface area contributed by atoms with Gasteiger partial charge in [0.2, 0.25) is 10.0 Å². The molecule has 0 amide bonds. The molecular weight excluding hydrogens is 262 g/mol. The van der Waals surface area contributed by atoms with Crippen molar-refractivity contribution in [1.29, 1.82) is 0 Å². The molecule has 1 aromatic carbocycles. The van der Waals surface area contributed by atoms with E-state index in [0.717, 1.165) is 31.0 Å². The van der Waals surface area contributed by atoms with Crippen LogP contribution in [0.1, 0.15) is 12.8 Å². The van der Waals surface area contributed by atoms with Gasteiger partial charge in [-0.25, -0.2) is 21.9 Å². The zero-order chi connectivity index (χ0) is 13.3. The first kappa shape index (κ1) is 13.4. The van der Waals surface area contributed by atoms with E-state index in [1.165, 1.54) is 0 Å². The molecule has 1 fully saturated rings. The van der Waals surface area contributed by atoms with E-state index in [1.807, 2.05) is 0 Å². The molecule has 1 aromatic rings. The number of hydrogen-bond acceptors (Lipinski definition) is 3. The van der Waals surface area contributed by atoms with E-state index in [2.05, 4.69) is 4.72 Å². The van der Waals surface area contributed by atoms with Crippen molar-refractivity contribution in [2.24, 2.45) is 11.7 Å². The minimum absolute atomic E-state index is 0.0307. The van der Waals surface area contributed by atoms with Crippen molar-refractivity contribution in [2.45, 2.75) is 23.8 Å². The molecule has 0 aromatic heterocycles. The molecule has 1 unspecified atom stereocenters. The molecule has 3 N–H and O–H groups in total. The third-order valence-corrected chi connectivity index (χ3v) is 4.38. The first-order valence-electron chi connectivity index (χ1n) is 5.61. The molecule has 0 aliphatic heterocycles. The topological polar surface area (TPSA) is 72.2 Å². The number of sulfonamides is 1. The molecule has 100 valence electrons. The molecule has 1 aliphatic rings. The van der Waals surface area contributed by atoms with Gasteiger partial charge in [-0.05, 0) is 30.9 Å². The van der Waals surface area contributed by atoms with Crippen LogP contribution in [-0.4, -0.2) is 21.0 Å². The summed E-state index contributed by atoms with van der Waals surface area (Å²) in [6.07, 6.45) is 1.97. The molecular formula is C11H14F2N2O2S. The van der Waals surface area contributed by atoms with Gasteiger partial charge >= 0.3 is 0 Å². The summed E-state index contributed by atoms with van der Waals surface area (Å²) in [5, 5.41) is 0. The van der Waals surface area contributed by atoms with Crippen LogP contribution >= 0.6 is 0 Å². The zero-order valence-electron chi connectivity index (χ0n) is 9.57. The van der Waals surface area contributed by atoms with Crippen LogP contribution in [0.15, 0.2) is 23.1 Å². The predicted octanol–water partition coefficient (Wildman–Crippen LogP) is 0.980. The second-order valence-corrected chi connectivity index (χ2v) is 6.14. The molecule has 7 heteroatoms. The highest BCUT2D eigenvalue weighted by Crippen LogP contribution is 2.31. The molecule has 0 radical (unpaired) electrons. The SMILES string of the molecule is NC(CNS(=O)(=O)c1cccc(F)c1F)C1CC1. The summed E-state index contributed by atoms with van der Waals surface area (Å²) in [4.78, 5) is -0.689. The van der Waals surface area contributed by atoms with Crippen LogP contribution in [0.25, 0.3) is 0 Å². The lowest BCUT2D eigenvalue weighted by Gasteiger charge is -2.12. The molecule has 18 heavy (non-hydrogen) atoms. The van der Waals surface area contributed by atoms with Crippen molar-refractivity contribution in [2.75, 3.05) is 6.54 Å². The van der Waals surface area contributed by atoms with Crippen molar-refractivity contribution in [1.82, 2.24) is 4.72 Å². The van der Waals surface area contributed by atoms with Gasteiger partial charge in [0.1, 0.15) is 4.90 Å². The van der Waals surface area contributed by atoms with Gasteiger partial charge in [-0.15, -0.1) is 0 Å². The maximum atomic E-state index is 13.4. The first-order chi connectivity index (χ1) is 8.42. The van der Waals surface area contributed by atoms with E-state index >= 15 is 0 Å². The lowest BCUT2D eigenvalue weighted by molar-refractivity contribution is 0.481. The Bertz CT molecular complexity index is 544. The third kappa shape index (κ3) is 2.85. The lowest BCUT2D eigenvalue weighted by atomic mass is 10.2.